The van der Waals surface area contributed by atoms with Crippen LogP contribution in [0.4, 0.5) is 13.2 Å². The van der Waals surface area contributed by atoms with Crippen molar-refractivity contribution in [3.63, 3.8) is 0 Å². The van der Waals surface area contributed by atoms with Gasteiger partial charge in [-0.15, -0.1) is 12.4 Å². The number of rotatable bonds is 2. The molecule has 1 rings (SSSR count). The van der Waals surface area contributed by atoms with Crippen molar-refractivity contribution in [3.8, 4) is 0 Å². The maximum Gasteiger partial charge on any atom is 0.416 e. The normalized spacial score (nSPS) is 10.9. The number of alkyl halides is 3. The Bertz CT molecular complexity index is 268. The van der Waals surface area contributed by atoms with Crippen molar-refractivity contribution in [1.82, 2.24) is 0 Å². The fourth-order valence-corrected chi connectivity index (χ4v) is 1.03. The van der Waals surface area contributed by atoms with E-state index >= 15 is 0 Å². The van der Waals surface area contributed by atoms with Crippen LogP contribution in [0.1, 0.15) is 11.1 Å². The lowest BCUT2D eigenvalue weighted by molar-refractivity contribution is -0.137. The SMILES string of the molecule is Cl.NCCc1ccc(C(F)(F)F)cc1. The highest BCUT2D eigenvalue weighted by Gasteiger charge is 2.29. The molecule has 0 spiro atoms. The van der Waals surface area contributed by atoms with Gasteiger partial charge in [-0.25, -0.2) is 0 Å². The molecular formula is C9H11ClF3N. The molecule has 0 aliphatic heterocycles. The molecule has 5 heteroatoms. The zero-order valence-electron chi connectivity index (χ0n) is 7.34. The van der Waals surface area contributed by atoms with Crippen LogP contribution in [0.5, 0.6) is 0 Å². The Labute approximate surface area is 86.5 Å². The van der Waals surface area contributed by atoms with Crippen molar-refractivity contribution in [2.24, 2.45) is 5.73 Å². The lowest BCUT2D eigenvalue weighted by Gasteiger charge is -2.06. The van der Waals surface area contributed by atoms with E-state index in [1.807, 2.05) is 0 Å². The second kappa shape index (κ2) is 5.22. The van der Waals surface area contributed by atoms with E-state index in [2.05, 4.69) is 0 Å². The summed E-state index contributed by atoms with van der Waals surface area (Å²) >= 11 is 0. The van der Waals surface area contributed by atoms with Gasteiger partial charge < -0.3 is 5.73 Å². The molecule has 0 saturated carbocycles. The molecule has 0 atom stereocenters. The van der Waals surface area contributed by atoms with Crippen molar-refractivity contribution in [1.29, 1.82) is 0 Å². The van der Waals surface area contributed by atoms with Gasteiger partial charge >= 0.3 is 6.18 Å². The highest BCUT2D eigenvalue weighted by molar-refractivity contribution is 5.85. The first kappa shape index (κ1) is 13.3. The number of hydrogen-bond donors (Lipinski definition) is 1. The van der Waals surface area contributed by atoms with Crippen LogP contribution in [0.2, 0.25) is 0 Å². The molecule has 0 heterocycles. The Hall–Kier alpha value is -0.740. The molecule has 0 radical (unpaired) electrons. The minimum absolute atomic E-state index is 0. The van der Waals surface area contributed by atoms with Crippen molar-refractivity contribution >= 4 is 12.4 Å². The Morgan fingerprint density at radius 1 is 1.07 bits per heavy atom. The molecular weight excluding hydrogens is 215 g/mol. The van der Waals surface area contributed by atoms with E-state index in [-0.39, 0.29) is 12.4 Å². The molecule has 0 aliphatic carbocycles. The highest BCUT2D eigenvalue weighted by atomic mass is 35.5. The van der Waals surface area contributed by atoms with E-state index in [9.17, 15) is 13.2 Å². The van der Waals surface area contributed by atoms with Gasteiger partial charge in [-0.1, -0.05) is 12.1 Å². The van der Waals surface area contributed by atoms with Crippen LogP contribution >= 0.6 is 12.4 Å². The predicted molar refractivity (Wildman–Crippen MR) is 51.5 cm³/mol. The van der Waals surface area contributed by atoms with Gasteiger partial charge in [0.1, 0.15) is 0 Å². The topological polar surface area (TPSA) is 26.0 Å². The summed E-state index contributed by atoms with van der Waals surface area (Å²) in [4.78, 5) is 0. The molecule has 80 valence electrons. The largest absolute Gasteiger partial charge is 0.416 e. The standard InChI is InChI=1S/C9H10F3N.ClH/c10-9(11,12)8-3-1-7(2-4-8)5-6-13;/h1-4H,5-6,13H2;1H. The summed E-state index contributed by atoms with van der Waals surface area (Å²) in [6, 6.07) is 5.06. The Morgan fingerprint density at radius 2 is 1.57 bits per heavy atom. The molecule has 0 amide bonds. The van der Waals surface area contributed by atoms with E-state index in [1.54, 1.807) is 0 Å². The van der Waals surface area contributed by atoms with Crippen molar-refractivity contribution < 1.29 is 13.2 Å². The third-order valence-electron chi connectivity index (χ3n) is 1.71. The first-order valence-electron chi connectivity index (χ1n) is 3.90. The molecule has 1 nitrogen and oxygen atoms in total. The van der Waals surface area contributed by atoms with Crippen LogP contribution in [0.25, 0.3) is 0 Å². The van der Waals surface area contributed by atoms with Crippen LogP contribution in [0.15, 0.2) is 24.3 Å². The molecule has 1 aromatic rings. The maximum absolute atomic E-state index is 12.1. The second-order valence-corrected chi connectivity index (χ2v) is 2.73. The summed E-state index contributed by atoms with van der Waals surface area (Å²) in [7, 11) is 0. The lowest BCUT2D eigenvalue weighted by Crippen LogP contribution is -2.06. The zero-order chi connectivity index (χ0) is 9.90. The van der Waals surface area contributed by atoms with E-state index in [0.717, 1.165) is 17.7 Å². The minimum Gasteiger partial charge on any atom is -0.330 e. The molecule has 0 aliphatic rings. The number of benzene rings is 1. The molecule has 0 unspecified atom stereocenters. The number of nitrogens with two attached hydrogens (primary N) is 1. The second-order valence-electron chi connectivity index (χ2n) is 2.73. The monoisotopic (exact) mass is 225 g/mol. The number of hydrogen-bond acceptors (Lipinski definition) is 1. The fraction of sp³-hybridized carbons (Fsp3) is 0.333. The maximum atomic E-state index is 12.1. The van der Waals surface area contributed by atoms with E-state index in [0.29, 0.717) is 13.0 Å². The highest BCUT2D eigenvalue weighted by Crippen LogP contribution is 2.28. The van der Waals surface area contributed by atoms with Gasteiger partial charge in [0.2, 0.25) is 0 Å². The first-order chi connectivity index (χ1) is 6.04. The van der Waals surface area contributed by atoms with Gasteiger partial charge in [0.25, 0.3) is 0 Å². The predicted octanol–water partition coefficient (Wildman–Crippen LogP) is 2.63. The minimum atomic E-state index is -4.25. The molecule has 14 heavy (non-hydrogen) atoms. The summed E-state index contributed by atoms with van der Waals surface area (Å²) in [6.45, 7) is 0.450. The summed E-state index contributed by atoms with van der Waals surface area (Å²) in [5.41, 5.74) is 5.47. The van der Waals surface area contributed by atoms with Gasteiger partial charge in [-0.3, -0.25) is 0 Å². The van der Waals surface area contributed by atoms with Crippen molar-refractivity contribution in [3.05, 3.63) is 35.4 Å². The quantitative estimate of drug-likeness (QED) is 0.823. The lowest BCUT2D eigenvalue weighted by atomic mass is 10.1. The van der Waals surface area contributed by atoms with Crippen LogP contribution in [0, 0.1) is 0 Å². The van der Waals surface area contributed by atoms with E-state index in [1.165, 1.54) is 12.1 Å². The Balaban J connectivity index is 0.00000169. The zero-order valence-corrected chi connectivity index (χ0v) is 8.16. The van der Waals surface area contributed by atoms with E-state index in [4.69, 9.17) is 5.73 Å². The van der Waals surface area contributed by atoms with Gasteiger partial charge in [0, 0.05) is 0 Å². The van der Waals surface area contributed by atoms with Crippen LogP contribution in [0.3, 0.4) is 0 Å². The van der Waals surface area contributed by atoms with Crippen LogP contribution < -0.4 is 5.73 Å². The third-order valence-corrected chi connectivity index (χ3v) is 1.71. The molecule has 0 bridgehead atoms. The van der Waals surface area contributed by atoms with Crippen LogP contribution in [-0.4, -0.2) is 6.54 Å². The van der Waals surface area contributed by atoms with Gasteiger partial charge in [0.15, 0.2) is 0 Å². The van der Waals surface area contributed by atoms with Crippen molar-refractivity contribution in [2.45, 2.75) is 12.6 Å². The molecule has 0 aromatic heterocycles. The van der Waals surface area contributed by atoms with E-state index < -0.39 is 11.7 Å². The molecule has 1 aromatic carbocycles. The van der Waals surface area contributed by atoms with Gasteiger partial charge in [-0.05, 0) is 30.7 Å². The average Bonchev–Trinajstić information content (AvgIpc) is 2.04. The van der Waals surface area contributed by atoms with Crippen molar-refractivity contribution in [2.75, 3.05) is 6.54 Å². The molecule has 0 saturated heterocycles. The Morgan fingerprint density at radius 3 is 1.93 bits per heavy atom. The first-order valence-corrected chi connectivity index (χ1v) is 3.90. The number of halogens is 4. The summed E-state index contributed by atoms with van der Waals surface area (Å²) < 4.78 is 36.2. The van der Waals surface area contributed by atoms with Gasteiger partial charge in [-0.2, -0.15) is 13.2 Å². The average molecular weight is 226 g/mol. The molecule has 2 N–H and O–H groups in total. The molecule has 0 fully saturated rings. The summed E-state index contributed by atoms with van der Waals surface area (Å²) in [5.74, 6) is 0. The smallest absolute Gasteiger partial charge is 0.330 e. The Kier molecular flexibility index (Phi) is 4.94. The summed E-state index contributed by atoms with van der Waals surface area (Å²) in [6.07, 6.45) is -3.64. The van der Waals surface area contributed by atoms with Gasteiger partial charge in [0.05, 0.1) is 5.56 Å². The third kappa shape index (κ3) is 3.55. The fourth-order valence-electron chi connectivity index (χ4n) is 1.03. The summed E-state index contributed by atoms with van der Waals surface area (Å²) in [5, 5.41) is 0. The van der Waals surface area contributed by atoms with Crippen LogP contribution in [-0.2, 0) is 12.6 Å².